The van der Waals surface area contributed by atoms with Gasteiger partial charge >= 0.3 is 5.97 Å². The number of hydrogen-bond donors (Lipinski definition) is 1. The highest BCUT2D eigenvalue weighted by Gasteiger charge is 2.19. The van der Waals surface area contributed by atoms with Crippen LogP contribution in [0, 0.1) is 0 Å². The first-order valence-corrected chi connectivity index (χ1v) is 8.23. The second-order valence-corrected chi connectivity index (χ2v) is 5.58. The number of amides is 1. The van der Waals surface area contributed by atoms with Gasteiger partial charge in [-0.15, -0.1) is 0 Å². The van der Waals surface area contributed by atoms with Crippen LogP contribution in [0.1, 0.15) is 66.2 Å². The highest BCUT2D eigenvalue weighted by atomic mass is 16.5. The smallest absolute Gasteiger partial charge is 0.302 e. The first kappa shape index (κ1) is 20.4. The van der Waals surface area contributed by atoms with Gasteiger partial charge in [0.05, 0.1) is 6.04 Å². The third-order valence-corrected chi connectivity index (χ3v) is 3.28. The second kappa shape index (κ2) is 13.1. The van der Waals surface area contributed by atoms with E-state index in [9.17, 15) is 9.59 Å². The summed E-state index contributed by atoms with van der Waals surface area (Å²) in [6, 6.07) is -0.205. The van der Waals surface area contributed by atoms with E-state index in [0.29, 0.717) is 6.42 Å². The zero-order valence-electron chi connectivity index (χ0n) is 14.4. The number of ether oxygens (including phenoxy) is 1. The third-order valence-electron chi connectivity index (χ3n) is 3.28. The topological polar surface area (TPSA) is 55.4 Å². The first-order chi connectivity index (χ1) is 10.5. The molecule has 0 spiro atoms. The molecule has 0 radical (unpaired) electrons. The van der Waals surface area contributed by atoms with E-state index in [1.165, 1.54) is 39.5 Å². The van der Waals surface area contributed by atoms with Crippen molar-refractivity contribution in [3.8, 4) is 0 Å². The molecule has 4 nitrogen and oxygen atoms in total. The largest absolute Gasteiger partial charge is 0.460 e. The molecule has 126 valence electrons. The Bertz CT molecular complexity index is 375. The Balaban J connectivity index is 4.15. The van der Waals surface area contributed by atoms with Crippen molar-refractivity contribution in [1.82, 2.24) is 5.32 Å². The maximum absolute atomic E-state index is 11.1. The quantitative estimate of drug-likeness (QED) is 0.357. The lowest BCUT2D eigenvalue weighted by molar-refractivity contribution is -0.148. The molecule has 0 saturated carbocycles. The summed E-state index contributed by atoms with van der Waals surface area (Å²) in [7, 11) is 0. The van der Waals surface area contributed by atoms with Crippen LogP contribution < -0.4 is 5.32 Å². The fourth-order valence-electron chi connectivity index (χ4n) is 2.14. The molecule has 1 amide bonds. The zero-order chi connectivity index (χ0) is 16.8. The van der Waals surface area contributed by atoms with E-state index in [-0.39, 0.29) is 24.0 Å². The average Bonchev–Trinajstić information content (AvgIpc) is 2.43. The van der Waals surface area contributed by atoms with Gasteiger partial charge in [-0.2, -0.15) is 0 Å². The van der Waals surface area contributed by atoms with Gasteiger partial charge < -0.3 is 10.1 Å². The summed E-state index contributed by atoms with van der Waals surface area (Å²) in [6.07, 6.45) is 14.5. The molecule has 22 heavy (non-hydrogen) atoms. The summed E-state index contributed by atoms with van der Waals surface area (Å²) < 4.78 is 5.26. The SMILES string of the molecule is CCCCCC/C=C/C=C/C[C@@H](OC(C)=O)[C@H](C)NC(C)=O. The molecule has 1 N–H and O–H groups in total. The molecular weight excluding hydrogens is 278 g/mol. The van der Waals surface area contributed by atoms with Crippen molar-refractivity contribution >= 4 is 11.9 Å². The van der Waals surface area contributed by atoms with E-state index in [0.717, 1.165) is 6.42 Å². The summed E-state index contributed by atoms with van der Waals surface area (Å²) in [5.41, 5.74) is 0. The zero-order valence-corrected chi connectivity index (χ0v) is 14.4. The number of rotatable bonds is 11. The van der Waals surface area contributed by atoms with Crippen molar-refractivity contribution in [2.75, 3.05) is 0 Å². The Morgan fingerprint density at radius 2 is 1.77 bits per heavy atom. The van der Waals surface area contributed by atoms with Crippen LogP contribution in [-0.4, -0.2) is 24.0 Å². The molecule has 0 saturated heterocycles. The monoisotopic (exact) mass is 309 g/mol. The molecule has 0 aromatic carbocycles. The number of esters is 1. The average molecular weight is 309 g/mol. The van der Waals surface area contributed by atoms with Crippen molar-refractivity contribution in [3.63, 3.8) is 0 Å². The van der Waals surface area contributed by atoms with E-state index in [4.69, 9.17) is 4.74 Å². The van der Waals surface area contributed by atoms with Crippen molar-refractivity contribution in [1.29, 1.82) is 0 Å². The lowest BCUT2D eigenvalue weighted by atomic mass is 10.1. The summed E-state index contributed by atoms with van der Waals surface area (Å²) in [5, 5.41) is 2.76. The first-order valence-electron chi connectivity index (χ1n) is 8.23. The minimum Gasteiger partial charge on any atom is -0.460 e. The van der Waals surface area contributed by atoms with E-state index < -0.39 is 0 Å². The third kappa shape index (κ3) is 12.2. The number of nitrogens with one attached hydrogen (secondary N) is 1. The number of carbonyl (C=O) groups is 2. The van der Waals surface area contributed by atoms with Gasteiger partial charge in [0.15, 0.2) is 0 Å². The number of hydrogen-bond acceptors (Lipinski definition) is 3. The minimum absolute atomic E-state index is 0.124. The Hall–Kier alpha value is -1.58. The van der Waals surface area contributed by atoms with E-state index in [1.54, 1.807) is 0 Å². The predicted octanol–water partition coefficient (Wildman–Crippen LogP) is 3.92. The Kier molecular flexibility index (Phi) is 12.2. The van der Waals surface area contributed by atoms with E-state index >= 15 is 0 Å². The number of carbonyl (C=O) groups excluding carboxylic acids is 2. The molecule has 0 aromatic rings. The summed E-state index contributed by atoms with van der Waals surface area (Å²) >= 11 is 0. The van der Waals surface area contributed by atoms with Gasteiger partial charge in [0.2, 0.25) is 5.91 Å². The van der Waals surface area contributed by atoms with Gasteiger partial charge in [0, 0.05) is 20.3 Å². The molecule has 0 aliphatic carbocycles. The van der Waals surface area contributed by atoms with Crippen LogP contribution in [-0.2, 0) is 14.3 Å². The van der Waals surface area contributed by atoms with Crippen molar-refractivity contribution in [3.05, 3.63) is 24.3 Å². The summed E-state index contributed by atoms with van der Waals surface area (Å²) in [4.78, 5) is 22.2. The molecule has 0 aliphatic rings. The van der Waals surface area contributed by atoms with Crippen LogP contribution in [0.3, 0.4) is 0 Å². The van der Waals surface area contributed by atoms with Crippen molar-refractivity contribution < 1.29 is 14.3 Å². The predicted molar refractivity (Wildman–Crippen MR) is 90.5 cm³/mol. The van der Waals surface area contributed by atoms with Crippen LogP contribution in [0.5, 0.6) is 0 Å². The molecule has 0 rings (SSSR count). The number of unbranched alkanes of at least 4 members (excludes halogenated alkanes) is 4. The van der Waals surface area contributed by atoms with Gasteiger partial charge in [-0.05, 0) is 19.8 Å². The fourth-order valence-corrected chi connectivity index (χ4v) is 2.14. The highest BCUT2D eigenvalue weighted by molar-refractivity contribution is 5.73. The molecular formula is C18H31NO3. The van der Waals surface area contributed by atoms with Crippen molar-refractivity contribution in [2.45, 2.75) is 78.4 Å². The van der Waals surface area contributed by atoms with E-state index in [1.807, 2.05) is 25.2 Å². The Morgan fingerprint density at radius 3 is 2.36 bits per heavy atom. The van der Waals surface area contributed by atoms with Gasteiger partial charge in [0.1, 0.15) is 6.10 Å². The molecule has 0 bridgehead atoms. The molecule has 0 aromatic heterocycles. The van der Waals surface area contributed by atoms with Crippen LogP contribution in [0.15, 0.2) is 24.3 Å². The van der Waals surface area contributed by atoms with Gasteiger partial charge in [-0.1, -0.05) is 50.5 Å². The van der Waals surface area contributed by atoms with Gasteiger partial charge in [-0.3, -0.25) is 9.59 Å². The maximum atomic E-state index is 11.1. The number of allylic oxidation sites excluding steroid dienone is 3. The Morgan fingerprint density at radius 1 is 1.09 bits per heavy atom. The fraction of sp³-hybridized carbons (Fsp3) is 0.667. The standard InChI is InChI=1S/C18H31NO3/c1-5-6-7-8-9-10-11-12-13-14-18(22-17(4)21)15(2)19-16(3)20/h10-13,15,18H,5-9,14H2,1-4H3,(H,19,20)/b11-10+,13-12+/t15-,18+/m0/s1. The minimum atomic E-state index is -0.337. The lowest BCUT2D eigenvalue weighted by Gasteiger charge is -2.23. The molecule has 0 heterocycles. The highest BCUT2D eigenvalue weighted by Crippen LogP contribution is 2.07. The van der Waals surface area contributed by atoms with E-state index in [2.05, 4.69) is 18.3 Å². The van der Waals surface area contributed by atoms with Crippen LogP contribution >= 0.6 is 0 Å². The molecule has 0 fully saturated rings. The summed E-state index contributed by atoms with van der Waals surface area (Å²) in [6.45, 7) is 6.89. The molecule has 2 atom stereocenters. The summed E-state index contributed by atoms with van der Waals surface area (Å²) in [5.74, 6) is -0.456. The van der Waals surface area contributed by atoms with Crippen LogP contribution in [0.4, 0.5) is 0 Å². The normalized spacial score (nSPS) is 14.2. The van der Waals surface area contributed by atoms with Crippen molar-refractivity contribution in [2.24, 2.45) is 0 Å². The van der Waals surface area contributed by atoms with Crippen LogP contribution in [0.25, 0.3) is 0 Å². The lowest BCUT2D eigenvalue weighted by Crippen LogP contribution is -2.41. The molecule has 0 unspecified atom stereocenters. The Labute approximate surface area is 135 Å². The second-order valence-electron chi connectivity index (χ2n) is 5.58. The molecule has 0 aliphatic heterocycles. The molecule has 4 heteroatoms. The van der Waals surface area contributed by atoms with Gasteiger partial charge in [0.25, 0.3) is 0 Å². The van der Waals surface area contributed by atoms with Crippen LogP contribution in [0.2, 0.25) is 0 Å². The van der Waals surface area contributed by atoms with Gasteiger partial charge in [-0.25, -0.2) is 0 Å². The maximum Gasteiger partial charge on any atom is 0.302 e.